The average molecular weight is 281 g/mol. The lowest BCUT2D eigenvalue weighted by atomic mass is 9.76. The molecule has 2 aliphatic rings. The van der Waals surface area contributed by atoms with Gasteiger partial charge in [0.15, 0.2) is 0 Å². The highest BCUT2D eigenvalue weighted by molar-refractivity contribution is 5.85. The number of rotatable bonds is 5. The molecule has 0 aromatic carbocycles. The Balaban J connectivity index is 1.92. The Labute approximate surface area is 121 Å². The van der Waals surface area contributed by atoms with E-state index in [-0.39, 0.29) is 18.4 Å². The second-order valence-electron chi connectivity index (χ2n) is 6.72. The molecule has 2 N–H and O–H groups in total. The molecule has 4 nitrogen and oxygen atoms in total. The third-order valence-corrected chi connectivity index (χ3v) is 5.26. The Morgan fingerprint density at radius 1 is 1.15 bits per heavy atom. The quantitative estimate of drug-likeness (QED) is 0.761. The van der Waals surface area contributed by atoms with Crippen molar-refractivity contribution in [3.63, 3.8) is 0 Å². The molecule has 0 aromatic heterocycles. The molecule has 1 unspecified atom stereocenters. The maximum Gasteiger partial charge on any atom is 0.310 e. The number of carboxylic acid groups (broad SMARTS) is 1. The fraction of sp³-hybridized carbons (Fsp3) is 0.875. The van der Waals surface area contributed by atoms with E-state index in [9.17, 15) is 14.7 Å². The van der Waals surface area contributed by atoms with Crippen molar-refractivity contribution >= 4 is 11.9 Å². The zero-order valence-electron chi connectivity index (χ0n) is 12.5. The molecule has 1 atom stereocenters. The molecule has 0 bridgehead atoms. The molecule has 1 amide bonds. The van der Waals surface area contributed by atoms with Gasteiger partial charge in [-0.2, -0.15) is 0 Å². The van der Waals surface area contributed by atoms with E-state index in [1.807, 2.05) is 6.92 Å². The minimum absolute atomic E-state index is 0.0753. The van der Waals surface area contributed by atoms with Crippen molar-refractivity contribution in [1.29, 1.82) is 0 Å². The van der Waals surface area contributed by atoms with Crippen molar-refractivity contribution in [3.8, 4) is 0 Å². The predicted molar refractivity (Wildman–Crippen MR) is 77.3 cm³/mol. The molecule has 0 heterocycles. The highest BCUT2D eigenvalue weighted by Gasteiger charge is 2.41. The van der Waals surface area contributed by atoms with Gasteiger partial charge in [-0.3, -0.25) is 9.59 Å². The smallest absolute Gasteiger partial charge is 0.310 e. The van der Waals surface area contributed by atoms with Gasteiger partial charge in [0.2, 0.25) is 5.91 Å². The fourth-order valence-corrected chi connectivity index (χ4v) is 3.54. The molecule has 2 rings (SSSR count). The fourth-order valence-electron chi connectivity index (χ4n) is 3.54. The van der Waals surface area contributed by atoms with Crippen LogP contribution in [0.25, 0.3) is 0 Å². The maximum absolute atomic E-state index is 12.2. The number of carbonyl (C=O) groups is 2. The van der Waals surface area contributed by atoms with Crippen LogP contribution in [0.15, 0.2) is 0 Å². The summed E-state index contributed by atoms with van der Waals surface area (Å²) in [6.45, 7) is 2.04. The van der Waals surface area contributed by atoms with E-state index in [1.165, 1.54) is 19.3 Å². The van der Waals surface area contributed by atoms with E-state index in [1.54, 1.807) is 0 Å². The zero-order chi connectivity index (χ0) is 14.6. The van der Waals surface area contributed by atoms with Crippen LogP contribution in [0.1, 0.15) is 71.1 Å². The van der Waals surface area contributed by atoms with E-state index in [4.69, 9.17) is 0 Å². The van der Waals surface area contributed by atoms with Gasteiger partial charge in [0.1, 0.15) is 0 Å². The van der Waals surface area contributed by atoms with E-state index in [2.05, 4.69) is 5.32 Å². The molecule has 4 heteroatoms. The van der Waals surface area contributed by atoms with E-state index < -0.39 is 11.4 Å². The zero-order valence-corrected chi connectivity index (χ0v) is 12.5. The van der Waals surface area contributed by atoms with Crippen LogP contribution in [0.3, 0.4) is 0 Å². The second-order valence-corrected chi connectivity index (χ2v) is 6.72. The van der Waals surface area contributed by atoms with Crippen LogP contribution < -0.4 is 5.32 Å². The maximum atomic E-state index is 12.2. The topological polar surface area (TPSA) is 66.4 Å². The Morgan fingerprint density at radius 2 is 1.75 bits per heavy atom. The van der Waals surface area contributed by atoms with Gasteiger partial charge in [0, 0.05) is 12.5 Å². The summed E-state index contributed by atoms with van der Waals surface area (Å²) in [5.41, 5.74) is -0.820. The number of aliphatic carboxylic acids is 1. The third kappa shape index (κ3) is 3.53. The Bertz CT molecular complexity index is 355. The van der Waals surface area contributed by atoms with Gasteiger partial charge < -0.3 is 10.4 Å². The van der Waals surface area contributed by atoms with Gasteiger partial charge in [-0.1, -0.05) is 32.1 Å². The molecule has 2 aliphatic carbocycles. The first kappa shape index (κ1) is 15.3. The van der Waals surface area contributed by atoms with Crippen LogP contribution in [0.4, 0.5) is 0 Å². The predicted octanol–water partition coefficient (Wildman–Crippen LogP) is 3.11. The summed E-state index contributed by atoms with van der Waals surface area (Å²) in [4.78, 5) is 23.9. The average Bonchev–Trinajstić information content (AvgIpc) is 2.52. The first-order valence-corrected chi connectivity index (χ1v) is 8.06. The van der Waals surface area contributed by atoms with Crippen LogP contribution in [0.5, 0.6) is 0 Å². The first-order chi connectivity index (χ1) is 9.53. The largest absolute Gasteiger partial charge is 0.481 e. The lowest BCUT2D eigenvalue weighted by Crippen LogP contribution is -2.44. The minimum Gasteiger partial charge on any atom is -0.481 e. The highest BCUT2D eigenvalue weighted by atomic mass is 16.4. The molecule has 114 valence electrons. The van der Waals surface area contributed by atoms with Crippen molar-refractivity contribution < 1.29 is 14.7 Å². The van der Waals surface area contributed by atoms with E-state index in [0.717, 1.165) is 25.7 Å². The molecule has 2 saturated carbocycles. The lowest BCUT2D eigenvalue weighted by Gasteiger charge is -2.33. The number of carbonyl (C=O) groups excluding carboxylic acids is 1. The van der Waals surface area contributed by atoms with Crippen molar-refractivity contribution in [1.82, 2.24) is 5.32 Å². The number of carboxylic acids is 1. The summed E-state index contributed by atoms with van der Waals surface area (Å²) < 4.78 is 0. The summed E-state index contributed by atoms with van der Waals surface area (Å²) in [5, 5.41) is 12.6. The number of amides is 1. The Morgan fingerprint density at radius 3 is 2.20 bits per heavy atom. The molecule has 0 saturated heterocycles. The monoisotopic (exact) mass is 281 g/mol. The van der Waals surface area contributed by atoms with Gasteiger partial charge >= 0.3 is 5.97 Å². The van der Waals surface area contributed by atoms with Crippen LogP contribution >= 0.6 is 0 Å². The van der Waals surface area contributed by atoms with Crippen molar-refractivity contribution in [3.05, 3.63) is 0 Å². The minimum atomic E-state index is -0.820. The SMILES string of the molecule is CC(NC(=O)CC1(C(=O)O)CCCCCC1)C1CCC1. The molecule has 20 heavy (non-hydrogen) atoms. The summed E-state index contributed by atoms with van der Waals surface area (Å²) in [6.07, 6.45) is 9.11. The highest BCUT2D eigenvalue weighted by Crippen LogP contribution is 2.38. The molecular weight excluding hydrogens is 254 g/mol. The first-order valence-electron chi connectivity index (χ1n) is 8.06. The normalized spacial score (nSPS) is 24.2. The number of nitrogens with one attached hydrogen (secondary N) is 1. The van der Waals surface area contributed by atoms with Crippen LogP contribution in [0, 0.1) is 11.3 Å². The standard InChI is InChI=1S/C16H27NO3/c1-12(13-7-6-8-13)17-14(18)11-16(15(19)20)9-4-2-3-5-10-16/h12-13H,2-11H2,1H3,(H,17,18)(H,19,20). The van der Waals surface area contributed by atoms with Crippen molar-refractivity contribution in [2.24, 2.45) is 11.3 Å². The molecular formula is C16H27NO3. The van der Waals surface area contributed by atoms with Crippen LogP contribution in [0.2, 0.25) is 0 Å². The second kappa shape index (κ2) is 6.59. The van der Waals surface area contributed by atoms with Crippen LogP contribution in [-0.2, 0) is 9.59 Å². The summed E-state index contributed by atoms with van der Waals surface area (Å²) in [6, 6.07) is 0.188. The summed E-state index contributed by atoms with van der Waals surface area (Å²) in [5.74, 6) is -0.270. The summed E-state index contributed by atoms with van der Waals surface area (Å²) in [7, 11) is 0. The van der Waals surface area contributed by atoms with E-state index >= 15 is 0 Å². The molecule has 0 radical (unpaired) electrons. The van der Waals surface area contributed by atoms with Gasteiger partial charge in [-0.05, 0) is 38.5 Å². The van der Waals surface area contributed by atoms with Gasteiger partial charge in [-0.25, -0.2) is 0 Å². The number of hydrogen-bond donors (Lipinski definition) is 2. The Kier molecular flexibility index (Phi) is 5.06. The Hall–Kier alpha value is -1.06. The van der Waals surface area contributed by atoms with Crippen molar-refractivity contribution in [2.75, 3.05) is 0 Å². The van der Waals surface area contributed by atoms with Crippen LogP contribution in [-0.4, -0.2) is 23.0 Å². The third-order valence-electron chi connectivity index (χ3n) is 5.26. The van der Waals surface area contributed by atoms with Gasteiger partial charge in [0.05, 0.1) is 5.41 Å². The van der Waals surface area contributed by atoms with Crippen molar-refractivity contribution in [2.45, 2.75) is 77.2 Å². The summed E-state index contributed by atoms with van der Waals surface area (Å²) >= 11 is 0. The molecule has 0 spiro atoms. The van der Waals surface area contributed by atoms with Gasteiger partial charge in [0.25, 0.3) is 0 Å². The molecule has 2 fully saturated rings. The molecule has 0 aromatic rings. The van der Waals surface area contributed by atoms with Gasteiger partial charge in [-0.15, -0.1) is 0 Å². The lowest BCUT2D eigenvalue weighted by molar-refractivity contribution is -0.153. The van der Waals surface area contributed by atoms with E-state index in [0.29, 0.717) is 18.8 Å². The number of hydrogen-bond acceptors (Lipinski definition) is 2. The molecule has 0 aliphatic heterocycles.